The standard InChI is InChI=1S/C26H26ClN7O3/c1-28-25-20-15-29-23(32-26(35)16-6-7-16)13-18(20)19(14-30-25)21-12-17(34(2)33-21)8-9-36-10-11-37-24-5-3-4-22(27)31-24/h3-5,8-9,12-16H,6-7,10-11H2,1-2H3,(H,28,30)(H,29,32,35)/b9-8+. The first-order valence-corrected chi connectivity index (χ1v) is 12.2. The van der Waals surface area contributed by atoms with E-state index in [-0.39, 0.29) is 11.8 Å². The maximum absolute atomic E-state index is 12.3. The zero-order valence-electron chi connectivity index (χ0n) is 20.4. The normalized spacial score (nSPS) is 13.2. The van der Waals surface area contributed by atoms with E-state index in [1.54, 1.807) is 41.5 Å². The summed E-state index contributed by atoms with van der Waals surface area (Å²) < 4.78 is 12.8. The van der Waals surface area contributed by atoms with Gasteiger partial charge in [-0.1, -0.05) is 17.7 Å². The van der Waals surface area contributed by atoms with Crippen LogP contribution in [0.2, 0.25) is 5.15 Å². The first-order valence-electron chi connectivity index (χ1n) is 11.9. The van der Waals surface area contributed by atoms with E-state index in [1.807, 2.05) is 32.3 Å². The number of rotatable bonds is 10. The van der Waals surface area contributed by atoms with Crippen molar-refractivity contribution in [3.05, 3.63) is 59.8 Å². The molecular formula is C26H26ClN7O3. The van der Waals surface area contributed by atoms with Gasteiger partial charge in [0.05, 0.1) is 17.6 Å². The van der Waals surface area contributed by atoms with E-state index in [0.717, 1.165) is 40.6 Å². The molecule has 1 amide bonds. The van der Waals surface area contributed by atoms with Gasteiger partial charge in [-0.3, -0.25) is 9.48 Å². The molecular weight excluding hydrogens is 494 g/mol. The molecule has 37 heavy (non-hydrogen) atoms. The van der Waals surface area contributed by atoms with Crippen LogP contribution in [0, 0.1) is 5.92 Å². The number of nitrogens with one attached hydrogen (secondary N) is 2. The first-order chi connectivity index (χ1) is 18.0. The highest BCUT2D eigenvalue weighted by molar-refractivity contribution is 6.29. The molecule has 1 fully saturated rings. The Morgan fingerprint density at radius 3 is 2.84 bits per heavy atom. The van der Waals surface area contributed by atoms with Gasteiger partial charge in [0.1, 0.15) is 30.0 Å². The summed E-state index contributed by atoms with van der Waals surface area (Å²) in [5.74, 6) is 1.77. The Bertz CT molecular complexity index is 1470. The van der Waals surface area contributed by atoms with Crippen molar-refractivity contribution < 1.29 is 14.3 Å². The summed E-state index contributed by atoms with van der Waals surface area (Å²) in [6, 6.07) is 9.02. The van der Waals surface area contributed by atoms with Crippen LogP contribution in [-0.2, 0) is 16.6 Å². The van der Waals surface area contributed by atoms with Crippen LogP contribution in [0.4, 0.5) is 11.6 Å². The molecule has 0 aromatic carbocycles. The minimum Gasteiger partial charge on any atom is -0.498 e. The fourth-order valence-corrected chi connectivity index (χ4v) is 3.96. The molecule has 4 aromatic heterocycles. The van der Waals surface area contributed by atoms with Gasteiger partial charge >= 0.3 is 0 Å². The number of carbonyl (C=O) groups excluding carboxylic acids is 1. The number of pyridine rings is 3. The Morgan fingerprint density at radius 2 is 2.05 bits per heavy atom. The molecule has 1 aliphatic rings. The zero-order chi connectivity index (χ0) is 25.8. The number of halogens is 1. The molecule has 0 aliphatic heterocycles. The average molecular weight is 520 g/mol. The van der Waals surface area contributed by atoms with E-state index in [4.69, 9.17) is 21.1 Å². The van der Waals surface area contributed by atoms with E-state index < -0.39 is 0 Å². The van der Waals surface area contributed by atoms with Crippen LogP contribution in [0.15, 0.2) is 49.0 Å². The monoisotopic (exact) mass is 519 g/mol. The molecule has 0 radical (unpaired) electrons. The van der Waals surface area contributed by atoms with Gasteiger partial charge < -0.3 is 20.1 Å². The Labute approximate surface area is 218 Å². The molecule has 0 spiro atoms. The van der Waals surface area contributed by atoms with Crippen molar-refractivity contribution in [3.63, 3.8) is 0 Å². The number of fused-ring (bicyclic) bond motifs is 1. The number of hydrogen-bond acceptors (Lipinski definition) is 8. The number of hydrogen-bond donors (Lipinski definition) is 2. The SMILES string of the molecule is CNc1ncc(-c2cc(/C=C/OCCOc3cccc(Cl)n3)n(C)n2)c2cc(NC(=O)C3CC3)ncc12. The molecule has 11 heteroatoms. The molecule has 0 unspecified atom stereocenters. The predicted octanol–water partition coefficient (Wildman–Crippen LogP) is 4.54. The van der Waals surface area contributed by atoms with E-state index in [0.29, 0.717) is 35.9 Å². The summed E-state index contributed by atoms with van der Waals surface area (Å²) in [5.41, 5.74) is 2.41. The second kappa shape index (κ2) is 10.8. The molecule has 2 N–H and O–H groups in total. The van der Waals surface area contributed by atoms with Gasteiger partial charge in [-0.2, -0.15) is 5.10 Å². The van der Waals surface area contributed by atoms with Crippen molar-refractivity contribution in [2.75, 3.05) is 30.9 Å². The van der Waals surface area contributed by atoms with Crippen LogP contribution in [0.25, 0.3) is 28.1 Å². The molecule has 4 aromatic rings. The third kappa shape index (κ3) is 5.80. The maximum atomic E-state index is 12.3. The first kappa shape index (κ1) is 24.5. The number of nitrogens with zero attached hydrogens (tertiary/aromatic N) is 5. The van der Waals surface area contributed by atoms with E-state index in [9.17, 15) is 4.79 Å². The molecule has 0 saturated heterocycles. The Kier molecular flexibility index (Phi) is 7.18. The lowest BCUT2D eigenvalue weighted by Crippen LogP contribution is -2.14. The summed E-state index contributed by atoms with van der Waals surface area (Å²) in [4.78, 5) is 25.3. The third-order valence-electron chi connectivity index (χ3n) is 5.88. The minimum absolute atomic E-state index is 0.00999. The predicted molar refractivity (Wildman–Crippen MR) is 142 cm³/mol. The fraction of sp³-hybridized carbons (Fsp3) is 0.269. The molecule has 1 saturated carbocycles. The number of amides is 1. The van der Waals surface area contributed by atoms with Crippen LogP contribution in [-0.4, -0.2) is 50.9 Å². The van der Waals surface area contributed by atoms with Crippen molar-refractivity contribution >= 4 is 46.0 Å². The van der Waals surface area contributed by atoms with Crippen molar-refractivity contribution in [1.82, 2.24) is 24.7 Å². The Balaban J connectivity index is 1.30. The van der Waals surface area contributed by atoms with Crippen LogP contribution < -0.4 is 15.4 Å². The van der Waals surface area contributed by atoms with Gasteiger partial charge in [-0.05, 0) is 37.1 Å². The number of ether oxygens (including phenoxy) is 2. The summed E-state index contributed by atoms with van der Waals surface area (Å²) in [6.07, 6.45) is 8.78. The van der Waals surface area contributed by atoms with Gasteiger partial charge in [0.15, 0.2) is 0 Å². The molecule has 4 heterocycles. The zero-order valence-corrected chi connectivity index (χ0v) is 21.2. The van der Waals surface area contributed by atoms with Gasteiger partial charge in [-0.15, -0.1) is 0 Å². The number of aromatic nitrogens is 5. The van der Waals surface area contributed by atoms with E-state index in [2.05, 4.69) is 30.7 Å². The average Bonchev–Trinajstić information content (AvgIpc) is 3.68. The molecule has 5 rings (SSSR count). The van der Waals surface area contributed by atoms with E-state index in [1.165, 1.54) is 0 Å². The smallest absolute Gasteiger partial charge is 0.228 e. The van der Waals surface area contributed by atoms with Crippen molar-refractivity contribution in [2.24, 2.45) is 13.0 Å². The van der Waals surface area contributed by atoms with Crippen molar-refractivity contribution in [2.45, 2.75) is 12.8 Å². The summed E-state index contributed by atoms with van der Waals surface area (Å²) in [5, 5.41) is 12.8. The van der Waals surface area contributed by atoms with Crippen LogP contribution in [0.1, 0.15) is 18.5 Å². The molecule has 1 aliphatic carbocycles. The highest BCUT2D eigenvalue weighted by Gasteiger charge is 2.30. The van der Waals surface area contributed by atoms with E-state index >= 15 is 0 Å². The van der Waals surface area contributed by atoms with Crippen LogP contribution in [0.5, 0.6) is 5.88 Å². The second-order valence-corrected chi connectivity index (χ2v) is 8.93. The lowest BCUT2D eigenvalue weighted by molar-refractivity contribution is -0.117. The maximum Gasteiger partial charge on any atom is 0.228 e. The van der Waals surface area contributed by atoms with Crippen molar-refractivity contribution in [1.29, 1.82) is 0 Å². The minimum atomic E-state index is 0.00999. The van der Waals surface area contributed by atoms with Crippen molar-refractivity contribution in [3.8, 4) is 17.1 Å². The highest BCUT2D eigenvalue weighted by Crippen LogP contribution is 2.34. The van der Waals surface area contributed by atoms with Crippen LogP contribution in [0.3, 0.4) is 0 Å². The Hall–Kier alpha value is -4.18. The molecule has 190 valence electrons. The van der Waals surface area contributed by atoms with Gasteiger partial charge in [0.25, 0.3) is 0 Å². The third-order valence-corrected chi connectivity index (χ3v) is 6.09. The second-order valence-electron chi connectivity index (χ2n) is 8.55. The lowest BCUT2D eigenvalue weighted by atomic mass is 10.1. The largest absolute Gasteiger partial charge is 0.498 e. The number of anilines is 2. The van der Waals surface area contributed by atoms with Gasteiger partial charge in [0, 0.05) is 54.8 Å². The molecule has 10 nitrogen and oxygen atoms in total. The Morgan fingerprint density at radius 1 is 1.19 bits per heavy atom. The molecule has 0 bridgehead atoms. The lowest BCUT2D eigenvalue weighted by Gasteiger charge is -2.10. The summed E-state index contributed by atoms with van der Waals surface area (Å²) in [6.45, 7) is 0.676. The highest BCUT2D eigenvalue weighted by atomic mass is 35.5. The van der Waals surface area contributed by atoms with Crippen LogP contribution >= 0.6 is 11.6 Å². The van der Waals surface area contributed by atoms with Gasteiger partial charge in [-0.25, -0.2) is 15.0 Å². The number of carbonyl (C=O) groups is 1. The topological polar surface area (TPSA) is 116 Å². The number of aryl methyl sites for hydroxylation is 1. The summed E-state index contributed by atoms with van der Waals surface area (Å²) in [7, 11) is 3.67. The fourth-order valence-electron chi connectivity index (χ4n) is 3.80. The quantitative estimate of drug-likeness (QED) is 0.178. The summed E-state index contributed by atoms with van der Waals surface area (Å²) >= 11 is 5.86. The van der Waals surface area contributed by atoms with Gasteiger partial charge in [0.2, 0.25) is 11.8 Å². The molecule has 0 atom stereocenters.